The van der Waals surface area contributed by atoms with Crippen LogP contribution in [-0.2, 0) is 19.6 Å². The topological polar surface area (TPSA) is 147 Å². The zero-order chi connectivity index (χ0) is 26.6. The van der Waals surface area contributed by atoms with Gasteiger partial charge in [0.2, 0.25) is 11.8 Å². The highest BCUT2D eigenvalue weighted by Gasteiger charge is 2.41. The van der Waals surface area contributed by atoms with Gasteiger partial charge in [-0.05, 0) is 49.7 Å². The standard InChI is InChI=1S/C12H14ClF2NO4S2.C8H13F2NO2/c13-8-1-2-9(21-8)22(19,20)16-10(11(17)18)7-3-5-12(14,15)6-4-7;9-8(10)3-1-5(2-4-8)6(11)7(12)13/h1-2,7,10,16H,3-6H2,(H,17,18);5-6H,1-4,11H2,(H,12,13). The van der Waals surface area contributed by atoms with Crippen molar-refractivity contribution in [3.8, 4) is 0 Å². The van der Waals surface area contributed by atoms with Crippen LogP contribution in [0.2, 0.25) is 4.34 Å². The number of halogens is 5. The van der Waals surface area contributed by atoms with Gasteiger partial charge in [-0.2, -0.15) is 4.72 Å². The maximum Gasteiger partial charge on any atom is 0.322 e. The lowest BCUT2D eigenvalue weighted by atomic mass is 9.82. The van der Waals surface area contributed by atoms with Crippen molar-refractivity contribution in [1.29, 1.82) is 0 Å². The van der Waals surface area contributed by atoms with E-state index in [0.717, 1.165) is 11.3 Å². The van der Waals surface area contributed by atoms with Crippen LogP contribution in [0.5, 0.6) is 0 Å². The van der Waals surface area contributed by atoms with Gasteiger partial charge in [0.05, 0.1) is 4.34 Å². The molecule has 0 amide bonds. The number of rotatable bonds is 7. The number of hydrogen-bond donors (Lipinski definition) is 4. The quantitative estimate of drug-likeness (QED) is 0.362. The monoisotopic (exact) mass is 566 g/mol. The van der Waals surface area contributed by atoms with E-state index in [2.05, 4.69) is 4.72 Å². The lowest BCUT2D eigenvalue weighted by Gasteiger charge is -2.31. The molecule has 0 aromatic carbocycles. The summed E-state index contributed by atoms with van der Waals surface area (Å²) in [4.78, 5) is 21.8. The second-order valence-corrected chi connectivity index (χ2v) is 12.4. The predicted octanol–water partition coefficient (Wildman–Crippen LogP) is 4.18. The summed E-state index contributed by atoms with van der Waals surface area (Å²) >= 11 is 6.47. The third-order valence-electron chi connectivity index (χ3n) is 6.15. The van der Waals surface area contributed by atoms with Crippen molar-refractivity contribution in [2.75, 3.05) is 0 Å². The average Bonchev–Trinajstić information content (AvgIpc) is 3.19. The van der Waals surface area contributed by atoms with E-state index < -0.39 is 64.7 Å². The van der Waals surface area contributed by atoms with Crippen molar-refractivity contribution in [2.45, 2.75) is 79.5 Å². The number of nitrogens with one attached hydrogen (secondary N) is 1. The molecule has 200 valence electrons. The molecule has 2 unspecified atom stereocenters. The first kappa shape index (κ1) is 29.7. The minimum atomic E-state index is -4.05. The molecule has 2 fully saturated rings. The molecule has 1 aromatic heterocycles. The number of alkyl halides is 4. The van der Waals surface area contributed by atoms with Crippen molar-refractivity contribution >= 4 is 44.9 Å². The molecule has 2 aliphatic rings. The zero-order valence-electron chi connectivity index (χ0n) is 18.4. The Hall–Kier alpha value is -1.48. The van der Waals surface area contributed by atoms with E-state index in [1.807, 2.05) is 0 Å². The Labute approximate surface area is 208 Å². The second-order valence-electron chi connectivity index (χ2n) is 8.75. The van der Waals surface area contributed by atoms with Crippen molar-refractivity contribution in [3.63, 3.8) is 0 Å². The van der Waals surface area contributed by atoms with Gasteiger partial charge in [0.15, 0.2) is 0 Å². The Morgan fingerprint density at radius 2 is 1.43 bits per heavy atom. The lowest BCUT2D eigenvalue weighted by Crippen LogP contribution is -2.47. The van der Waals surface area contributed by atoms with Crippen LogP contribution in [0.1, 0.15) is 51.4 Å². The van der Waals surface area contributed by atoms with E-state index in [0.29, 0.717) is 0 Å². The molecule has 5 N–H and O–H groups in total. The summed E-state index contributed by atoms with van der Waals surface area (Å²) in [5.41, 5.74) is 5.34. The van der Waals surface area contributed by atoms with E-state index in [-0.39, 0.29) is 53.0 Å². The van der Waals surface area contributed by atoms with Crippen LogP contribution in [0.15, 0.2) is 16.3 Å². The normalized spacial score (nSPS) is 22.5. The number of nitrogens with two attached hydrogens (primary N) is 1. The number of aliphatic carboxylic acids is 2. The Morgan fingerprint density at radius 3 is 1.80 bits per heavy atom. The number of carboxylic acid groups (broad SMARTS) is 2. The predicted molar refractivity (Wildman–Crippen MR) is 120 cm³/mol. The van der Waals surface area contributed by atoms with Gasteiger partial charge in [0.25, 0.3) is 10.0 Å². The Balaban J connectivity index is 0.000000283. The molecule has 2 aliphatic carbocycles. The number of carboxylic acids is 2. The zero-order valence-corrected chi connectivity index (χ0v) is 20.8. The number of sulfonamides is 1. The Bertz CT molecular complexity index is 987. The summed E-state index contributed by atoms with van der Waals surface area (Å²) in [6.07, 6.45) is -1.02. The largest absolute Gasteiger partial charge is 0.480 e. The molecule has 1 aromatic rings. The van der Waals surface area contributed by atoms with Gasteiger partial charge in [-0.15, -0.1) is 11.3 Å². The second kappa shape index (κ2) is 11.7. The lowest BCUT2D eigenvalue weighted by molar-refractivity contribution is -0.142. The van der Waals surface area contributed by atoms with Gasteiger partial charge in [0, 0.05) is 25.7 Å². The van der Waals surface area contributed by atoms with Crippen LogP contribution < -0.4 is 10.5 Å². The summed E-state index contributed by atoms with van der Waals surface area (Å²) in [5, 5.41) is 17.8. The SMILES string of the molecule is NC(C(=O)O)C1CCC(F)(F)CC1.O=C(O)C(NS(=O)(=O)c1ccc(Cl)s1)C1CCC(F)(F)CC1. The number of carbonyl (C=O) groups is 2. The van der Waals surface area contributed by atoms with Gasteiger partial charge >= 0.3 is 11.9 Å². The van der Waals surface area contributed by atoms with E-state index in [4.69, 9.17) is 22.4 Å². The third-order valence-corrected chi connectivity index (χ3v) is 9.31. The first-order valence-corrected chi connectivity index (χ1v) is 13.5. The molecule has 0 spiro atoms. The summed E-state index contributed by atoms with van der Waals surface area (Å²) in [7, 11) is -4.05. The summed E-state index contributed by atoms with van der Waals surface area (Å²) in [6.45, 7) is 0. The van der Waals surface area contributed by atoms with Gasteiger partial charge in [-0.3, -0.25) is 9.59 Å². The van der Waals surface area contributed by atoms with E-state index in [1.54, 1.807) is 0 Å². The van der Waals surface area contributed by atoms with Crippen LogP contribution in [0.25, 0.3) is 0 Å². The molecule has 0 aliphatic heterocycles. The van der Waals surface area contributed by atoms with E-state index in [1.165, 1.54) is 12.1 Å². The molecule has 15 heteroatoms. The average molecular weight is 567 g/mol. The molecule has 35 heavy (non-hydrogen) atoms. The van der Waals surface area contributed by atoms with Gasteiger partial charge in [0.1, 0.15) is 16.3 Å². The summed E-state index contributed by atoms with van der Waals surface area (Å²) in [5.74, 6) is -8.86. The fraction of sp³-hybridized carbons (Fsp3) is 0.700. The Kier molecular flexibility index (Phi) is 9.96. The molecular weight excluding hydrogens is 540 g/mol. The van der Waals surface area contributed by atoms with Crippen LogP contribution >= 0.6 is 22.9 Å². The molecule has 1 heterocycles. The van der Waals surface area contributed by atoms with Crippen LogP contribution in [0, 0.1) is 11.8 Å². The minimum Gasteiger partial charge on any atom is -0.480 e. The number of thiophene rings is 1. The molecule has 8 nitrogen and oxygen atoms in total. The molecule has 0 bridgehead atoms. The van der Waals surface area contributed by atoms with Gasteiger partial charge in [-0.25, -0.2) is 26.0 Å². The highest BCUT2D eigenvalue weighted by molar-refractivity contribution is 7.91. The highest BCUT2D eigenvalue weighted by Crippen LogP contribution is 2.38. The van der Waals surface area contributed by atoms with Crippen molar-refractivity contribution in [3.05, 3.63) is 16.5 Å². The van der Waals surface area contributed by atoms with Crippen LogP contribution in [0.4, 0.5) is 17.6 Å². The van der Waals surface area contributed by atoms with Crippen molar-refractivity contribution in [2.24, 2.45) is 17.6 Å². The number of hydrogen-bond acceptors (Lipinski definition) is 6. The van der Waals surface area contributed by atoms with Crippen molar-refractivity contribution < 1.29 is 45.8 Å². The fourth-order valence-corrected chi connectivity index (χ4v) is 6.79. The summed E-state index contributed by atoms with van der Waals surface area (Å²) in [6, 6.07) is 0.235. The molecular formula is C20H27ClF4N2O6S2. The Morgan fingerprint density at radius 1 is 0.971 bits per heavy atom. The smallest absolute Gasteiger partial charge is 0.322 e. The minimum absolute atomic E-state index is 0.0440. The fourth-order valence-electron chi connectivity index (χ4n) is 4.03. The maximum atomic E-state index is 13.1. The molecule has 2 saturated carbocycles. The maximum absolute atomic E-state index is 13.1. The van der Waals surface area contributed by atoms with Crippen molar-refractivity contribution in [1.82, 2.24) is 4.72 Å². The van der Waals surface area contributed by atoms with Gasteiger partial charge < -0.3 is 15.9 Å². The highest BCUT2D eigenvalue weighted by atomic mass is 35.5. The molecule has 0 saturated heterocycles. The first-order valence-electron chi connectivity index (χ1n) is 10.8. The summed E-state index contributed by atoms with van der Waals surface area (Å²) < 4.78 is 78.2. The van der Waals surface area contributed by atoms with E-state index >= 15 is 0 Å². The van der Waals surface area contributed by atoms with Crippen LogP contribution in [-0.4, -0.2) is 54.5 Å². The molecule has 0 radical (unpaired) electrons. The van der Waals surface area contributed by atoms with Gasteiger partial charge in [-0.1, -0.05) is 11.6 Å². The van der Waals surface area contributed by atoms with E-state index in [9.17, 15) is 40.7 Å². The van der Waals surface area contributed by atoms with Crippen LogP contribution in [0.3, 0.4) is 0 Å². The third kappa shape index (κ3) is 8.85. The molecule has 2 atom stereocenters. The first-order chi connectivity index (χ1) is 16.0. The molecule has 3 rings (SSSR count).